The first kappa shape index (κ1) is 20.1. The highest BCUT2D eigenvalue weighted by molar-refractivity contribution is 7.07. The van der Waals surface area contributed by atoms with Crippen LogP contribution in [0.1, 0.15) is 24.0 Å². The van der Waals surface area contributed by atoms with Crippen LogP contribution in [0, 0.1) is 18.3 Å². The first-order valence-electron chi connectivity index (χ1n) is 9.26. The predicted molar refractivity (Wildman–Crippen MR) is 109 cm³/mol. The predicted octanol–water partition coefficient (Wildman–Crippen LogP) is 0.990. The number of nitriles is 1. The van der Waals surface area contributed by atoms with Crippen molar-refractivity contribution in [1.82, 2.24) is 9.47 Å². The maximum Gasteiger partial charge on any atom is 0.269 e. The zero-order chi connectivity index (χ0) is 20.1. The molecule has 0 radical (unpaired) electrons. The van der Waals surface area contributed by atoms with Gasteiger partial charge in [-0.25, -0.2) is 0 Å². The maximum atomic E-state index is 13.0. The number of thiazole rings is 1. The fraction of sp³-hybridized carbons (Fsp3) is 0.381. The van der Waals surface area contributed by atoms with Crippen LogP contribution in [-0.4, -0.2) is 42.2 Å². The van der Waals surface area contributed by atoms with Crippen molar-refractivity contribution in [2.75, 3.05) is 26.8 Å². The summed E-state index contributed by atoms with van der Waals surface area (Å²) in [4.78, 5) is 27.5. The number of likely N-dealkylation sites (tertiary alicyclic amines) is 1. The van der Waals surface area contributed by atoms with E-state index in [1.165, 1.54) is 15.9 Å². The number of benzene rings is 1. The Balaban J connectivity index is 2.18. The lowest BCUT2D eigenvalue weighted by Gasteiger charge is -2.14. The third-order valence-corrected chi connectivity index (χ3v) is 5.86. The monoisotopic (exact) mass is 397 g/mol. The summed E-state index contributed by atoms with van der Waals surface area (Å²) < 4.78 is 7.50. The van der Waals surface area contributed by atoms with Crippen LogP contribution in [0.4, 0.5) is 0 Å². The Bertz CT molecular complexity index is 1070. The fourth-order valence-corrected chi connectivity index (χ4v) is 4.29. The topological polar surface area (TPSA) is 75.3 Å². The van der Waals surface area contributed by atoms with Gasteiger partial charge in [0.15, 0.2) is 5.57 Å². The molecule has 2 aromatic rings. The van der Waals surface area contributed by atoms with Gasteiger partial charge in [0.25, 0.3) is 11.5 Å². The standard InChI is InChI=1S/C21H23N3O3S/c1-15-5-7-16(8-6-15)13-18-20(26)24(11-12-27-2)21(28-18)17(14-22)19(25)23-9-3-4-10-23/h5-8,13H,3-4,9-12H2,1-2H3/b18-13-,21-17+. The van der Waals surface area contributed by atoms with Crippen molar-refractivity contribution >= 4 is 28.9 Å². The molecular weight excluding hydrogens is 374 g/mol. The Morgan fingerprint density at radius 1 is 1.29 bits per heavy atom. The zero-order valence-electron chi connectivity index (χ0n) is 16.1. The van der Waals surface area contributed by atoms with Crippen molar-refractivity contribution in [2.45, 2.75) is 26.3 Å². The van der Waals surface area contributed by atoms with Crippen molar-refractivity contribution in [1.29, 1.82) is 5.26 Å². The molecule has 1 aliphatic rings. The van der Waals surface area contributed by atoms with E-state index in [1.807, 2.05) is 37.3 Å². The van der Waals surface area contributed by atoms with Crippen LogP contribution in [0.5, 0.6) is 0 Å². The summed E-state index contributed by atoms with van der Waals surface area (Å²) in [6, 6.07) is 9.89. The summed E-state index contributed by atoms with van der Waals surface area (Å²) in [5, 5.41) is 9.70. The average Bonchev–Trinajstić information content (AvgIpc) is 3.32. The first-order chi connectivity index (χ1) is 13.5. The lowest BCUT2D eigenvalue weighted by molar-refractivity contribution is -0.123. The second kappa shape index (κ2) is 9.00. The number of ether oxygens (including phenoxy) is 1. The van der Waals surface area contributed by atoms with E-state index in [0.717, 1.165) is 24.0 Å². The van der Waals surface area contributed by atoms with Crippen molar-refractivity contribution in [2.24, 2.45) is 0 Å². The first-order valence-corrected chi connectivity index (χ1v) is 10.1. The van der Waals surface area contributed by atoms with Crippen LogP contribution in [0.25, 0.3) is 11.6 Å². The van der Waals surface area contributed by atoms with Gasteiger partial charge in [-0.05, 0) is 31.4 Å². The molecule has 2 heterocycles. The maximum absolute atomic E-state index is 13.0. The number of hydrogen-bond donors (Lipinski definition) is 0. The summed E-state index contributed by atoms with van der Waals surface area (Å²) in [6.07, 6.45) is 3.68. The fourth-order valence-electron chi connectivity index (χ4n) is 3.17. The molecule has 0 N–H and O–H groups in total. The minimum atomic E-state index is -0.297. The van der Waals surface area contributed by atoms with Crippen LogP contribution in [0.3, 0.4) is 0 Å². The molecule has 7 heteroatoms. The molecule has 0 aliphatic carbocycles. The number of aryl methyl sites for hydroxylation is 1. The summed E-state index contributed by atoms with van der Waals surface area (Å²) in [6.45, 7) is 3.93. The molecule has 1 aromatic heterocycles. The lowest BCUT2D eigenvalue weighted by atomic mass is 10.1. The van der Waals surface area contributed by atoms with Gasteiger partial charge in [-0.2, -0.15) is 5.26 Å². The van der Waals surface area contributed by atoms with Gasteiger partial charge >= 0.3 is 0 Å². The molecule has 0 bridgehead atoms. The zero-order valence-corrected chi connectivity index (χ0v) is 16.9. The summed E-state index contributed by atoms with van der Waals surface area (Å²) in [5.41, 5.74) is 1.86. The van der Waals surface area contributed by atoms with E-state index in [4.69, 9.17) is 4.74 Å². The number of methoxy groups -OCH3 is 1. The number of hydrogen-bond acceptors (Lipinski definition) is 5. The molecule has 1 amide bonds. The SMILES string of the molecule is COCCn1c(=O)/c(=C/c2ccc(C)cc2)s/c1=C(\C#N)C(=O)N1CCCC1. The highest BCUT2D eigenvalue weighted by Gasteiger charge is 2.24. The Morgan fingerprint density at radius 2 is 1.96 bits per heavy atom. The molecule has 0 atom stereocenters. The third kappa shape index (κ3) is 4.24. The van der Waals surface area contributed by atoms with Crippen LogP contribution in [0.15, 0.2) is 29.1 Å². The molecule has 0 saturated carbocycles. The lowest BCUT2D eigenvalue weighted by Crippen LogP contribution is -2.36. The van der Waals surface area contributed by atoms with Crippen LogP contribution < -0.4 is 14.8 Å². The second-order valence-electron chi connectivity index (χ2n) is 6.76. The molecule has 3 rings (SSSR count). The van der Waals surface area contributed by atoms with Gasteiger partial charge in [-0.1, -0.05) is 29.8 Å². The van der Waals surface area contributed by atoms with E-state index in [-0.39, 0.29) is 17.0 Å². The largest absolute Gasteiger partial charge is 0.383 e. The van der Waals surface area contributed by atoms with Gasteiger partial charge in [0.2, 0.25) is 0 Å². The highest BCUT2D eigenvalue weighted by Crippen LogP contribution is 2.11. The van der Waals surface area contributed by atoms with Gasteiger partial charge in [-0.15, -0.1) is 11.3 Å². The Morgan fingerprint density at radius 3 is 2.57 bits per heavy atom. The third-order valence-electron chi connectivity index (χ3n) is 4.73. The quantitative estimate of drug-likeness (QED) is 0.754. The van der Waals surface area contributed by atoms with Crippen molar-refractivity contribution in [3.05, 3.63) is 54.9 Å². The van der Waals surface area contributed by atoms with Gasteiger partial charge in [-0.3, -0.25) is 14.2 Å². The number of nitrogens with zero attached hydrogens (tertiary/aromatic N) is 3. The molecule has 0 unspecified atom stereocenters. The Labute approximate surface area is 167 Å². The molecule has 1 saturated heterocycles. The molecular formula is C21H23N3O3S. The molecule has 1 aromatic carbocycles. The number of amides is 1. The normalized spacial score (nSPS) is 15.6. The van der Waals surface area contributed by atoms with Gasteiger partial charge in [0.05, 0.1) is 17.7 Å². The van der Waals surface area contributed by atoms with Gasteiger partial charge in [0.1, 0.15) is 10.7 Å². The molecule has 146 valence electrons. The smallest absolute Gasteiger partial charge is 0.269 e. The molecule has 1 aliphatic heterocycles. The van der Waals surface area contributed by atoms with Gasteiger partial charge in [0, 0.05) is 20.2 Å². The molecule has 28 heavy (non-hydrogen) atoms. The van der Waals surface area contributed by atoms with Crippen molar-refractivity contribution in [3.8, 4) is 6.07 Å². The van der Waals surface area contributed by atoms with E-state index in [0.29, 0.717) is 35.4 Å². The minimum absolute atomic E-state index is 0.0312. The molecule has 1 fully saturated rings. The highest BCUT2D eigenvalue weighted by atomic mass is 32.1. The average molecular weight is 398 g/mol. The minimum Gasteiger partial charge on any atom is -0.383 e. The van der Waals surface area contributed by atoms with E-state index >= 15 is 0 Å². The van der Waals surface area contributed by atoms with Crippen LogP contribution in [0.2, 0.25) is 0 Å². The van der Waals surface area contributed by atoms with E-state index in [2.05, 4.69) is 0 Å². The van der Waals surface area contributed by atoms with Crippen LogP contribution >= 0.6 is 11.3 Å². The summed E-state index contributed by atoms with van der Waals surface area (Å²) in [7, 11) is 1.56. The molecule has 6 nitrogen and oxygen atoms in total. The summed E-state index contributed by atoms with van der Waals surface area (Å²) in [5.74, 6) is -0.297. The van der Waals surface area contributed by atoms with E-state index in [9.17, 15) is 14.9 Å². The van der Waals surface area contributed by atoms with Gasteiger partial charge < -0.3 is 9.64 Å². The summed E-state index contributed by atoms with van der Waals surface area (Å²) >= 11 is 1.19. The molecule has 0 spiro atoms. The number of aromatic nitrogens is 1. The Kier molecular flexibility index (Phi) is 6.45. The van der Waals surface area contributed by atoms with Crippen molar-refractivity contribution in [3.63, 3.8) is 0 Å². The Hall–Kier alpha value is -2.69. The van der Waals surface area contributed by atoms with E-state index in [1.54, 1.807) is 18.1 Å². The second-order valence-corrected chi connectivity index (χ2v) is 7.79. The number of carbonyl (C=O) groups excluding carboxylic acids is 1. The van der Waals surface area contributed by atoms with E-state index < -0.39 is 0 Å². The number of carbonyl (C=O) groups is 1. The van der Waals surface area contributed by atoms with Crippen molar-refractivity contribution < 1.29 is 9.53 Å². The number of rotatable bonds is 5. The van der Waals surface area contributed by atoms with Crippen LogP contribution in [-0.2, 0) is 16.1 Å².